The van der Waals surface area contributed by atoms with E-state index in [4.69, 9.17) is 11.6 Å². The molecule has 2 aromatic rings. The van der Waals surface area contributed by atoms with Gasteiger partial charge >= 0.3 is 0 Å². The third kappa shape index (κ3) is 3.33. The Kier molecular flexibility index (Phi) is 4.82. The fourth-order valence-corrected chi connectivity index (χ4v) is 3.38. The van der Waals surface area contributed by atoms with Gasteiger partial charge in [-0.05, 0) is 24.5 Å². The number of carbonyl (C=O) groups excluding carboxylic acids is 1. The third-order valence-electron chi connectivity index (χ3n) is 4.05. The van der Waals surface area contributed by atoms with Crippen LogP contribution in [0.3, 0.4) is 0 Å². The largest absolute Gasteiger partial charge is 0.339 e. The van der Waals surface area contributed by atoms with E-state index in [1.54, 1.807) is 24.0 Å². The molecule has 0 N–H and O–H groups in total. The zero-order chi connectivity index (χ0) is 16.4. The second kappa shape index (κ2) is 6.84. The van der Waals surface area contributed by atoms with E-state index in [-0.39, 0.29) is 5.91 Å². The van der Waals surface area contributed by atoms with Gasteiger partial charge in [0.2, 0.25) is 5.95 Å². The van der Waals surface area contributed by atoms with Crippen LogP contribution in [-0.2, 0) is 7.05 Å². The summed E-state index contributed by atoms with van der Waals surface area (Å²) in [5.41, 5.74) is 0.587. The minimum atomic E-state index is 0.00499. The van der Waals surface area contributed by atoms with Gasteiger partial charge < -0.3 is 14.4 Å². The van der Waals surface area contributed by atoms with E-state index in [0.29, 0.717) is 23.7 Å². The van der Waals surface area contributed by atoms with Gasteiger partial charge in [0, 0.05) is 50.5 Å². The van der Waals surface area contributed by atoms with Crippen molar-refractivity contribution >= 4 is 35.2 Å². The first-order valence-electron chi connectivity index (χ1n) is 7.45. The van der Waals surface area contributed by atoms with Crippen LogP contribution < -0.4 is 4.90 Å². The van der Waals surface area contributed by atoms with Gasteiger partial charge in [-0.25, -0.2) is 4.98 Å². The Morgan fingerprint density at radius 3 is 2.61 bits per heavy atom. The summed E-state index contributed by atoms with van der Waals surface area (Å²) >= 11 is 7.82. The van der Waals surface area contributed by atoms with Crippen LogP contribution >= 0.6 is 23.4 Å². The normalized spacial score (nSPS) is 15.1. The summed E-state index contributed by atoms with van der Waals surface area (Å²) in [5, 5.41) is 0.513. The van der Waals surface area contributed by atoms with Gasteiger partial charge in [0.1, 0.15) is 0 Å². The highest BCUT2D eigenvalue weighted by atomic mass is 35.5. The molecule has 1 aromatic carbocycles. The number of hydrogen-bond acceptors (Lipinski definition) is 4. The van der Waals surface area contributed by atoms with Crippen molar-refractivity contribution in [2.75, 3.05) is 37.3 Å². The lowest BCUT2D eigenvalue weighted by Crippen LogP contribution is -2.49. The van der Waals surface area contributed by atoms with Crippen LogP contribution in [0.2, 0.25) is 5.02 Å². The van der Waals surface area contributed by atoms with Gasteiger partial charge in [-0.3, -0.25) is 4.79 Å². The van der Waals surface area contributed by atoms with Crippen LogP contribution in [0.4, 0.5) is 5.95 Å². The number of piperazine rings is 1. The number of amides is 1. The molecule has 0 atom stereocenters. The van der Waals surface area contributed by atoms with Gasteiger partial charge in [-0.15, -0.1) is 11.8 Å². The quantitative estimate of drug-likeness (QED) is 0.798. The number of nitrogens with zero attached hydrogens (tertiary/aromatic N) is 4. The molecule has 0 saturated carbocycles. The molecule has 2 heterocycles. The summed E-state index contributed by atoms with van der Waals surface area (Å²) in [6.45, 7) is 2.89. The number of benzene rings is 1. The molecule has 0 radical (unpaired) electrons. The van der Waals surface area contributed by atoms with Crippen LogP contribution in [-0.4, -0.2) is 52.8 Å². The van der Waals surface area contributed by atoms with Crippen molar-refractivity contribution in [1.29, 1.82) is 0 Å². The van der Waals surface area contributed by atoms with Crippen molar-refractivity contribution in [2.24, 2.45) is 7.05 Å². The molecule has 0 aliphatic carbocycles. The van der Waals surface area contributed by atoms with Gasteiger partial charge in [0.05, 0.1) is 10.6 Å². The fraction of sp³-hybridized carbons (Fsp3) is 0.375. The summed E-state index contributed by atoms with van der Waals surface area (Å²) in [7, 11) is 1.98. The summed E-state index contributed by atoms with van der Waals surface area (Å²) in [6, 6.07) is 5.61. The lowest BCUT2D eigenvalue weighted by molar-refractivity contribution is 0.0746. The molecule has 0 bridgehead atoms. The fourth-order valence-electron chi connectivity index (χ4n) is 2.74. The van der Waals surface area contributed by atoms with Crippen molar-refractivity contribution in [3.05, 3.63) is 41.2 Å². The molecular formula is C16H19ClN4OS. The molecule has 1 saturated heterocycles. The molecule has 23 heavy (non-hydrogen) atoms. The SMILES string of the molecule is CSc1ccc(Cl)c(C(=O)N2CCN(c3nccn3C)CC2)c1. The monoisotopic (exact) mass is 350 g/mol. The number of carbonyl (C=O) groups is 1. The first kappa shape index (κ1) is 16.2. The van der Waals surface area contributed by atoms with Crippen molar-refractivity contribution in [2.45, 2.75) is 4.90 Å². The van der Waals surface area contributed by atoms with Gasteiger partial charge in [-0.2, -0.15) is 0 Å². The molecule has 1 fully saturated rings. The molecule has 0 unspecified atom stereocenters. The molecule has 1 aliphatic heterocycles. The molecule has 1 aromatic heterocycles. The highest BCUT2D eigenvalue weighted by Gasteiger charge is 2.25. The topological polar surface area (TPSA) is 41.4 Å². The molecule has 3 rings (SSSR count). The zero-order valence-electron chi connectivity index (χ0n) is 13.2. The van der Waals surface area contributed by atoms with Crippen LogP contribution in [0.5, 0.6) is 0 Å². The first-order chi connectivity index (χ1) is 11.1. The summed E-state index contributed by atoms with van der Waals surface area (Å²) < 4.78 is 2.00. The summed E-state index contributed by atoms with van der Waals surface area (Å²) in [6.07, 6.45) is 5.71. The molecule has 1 aliphatic rings. The maximum atomic E-state index is 12.7. The van der Waals surface area contributed by atoms with Gasteiger partial charge in [0.15, 0.2) is 0 Å². The van der Waals surface area contributed by atoms with Crippen LogP contribution in [0.25, 0.3) is 0 Å². The van der Waals surface area contributed by atoms with E-state index in [1.165, 1.54) is 0 Å². The van der Waals surface area contributed by atoms with E-state index in [0.717, 1.165) is 23.9 Å². The minimum Gasteiger partial charge on any atom is -0.339 e. The summed E-state index contributed by atoms with van der Waals surface area (Å²) in [4.78, 5) is 22.2. The zero-order valence-corrected chi connectivity index (χ0v) is 14.8. The number of halogens is 1. The predicted octanol–water partition coefficient (Wildman–Crippen LogP) is 2.76. The second-order valence-electron chi connectivity index (χ2n) is 5.46. The van der Waals surface area contributed by atoms with Crippen LogP contribution in [0.1, 0.15) is 10.4 Å². The number of rotatable bonds is 3. The van der Waals surface area contributed by atoms with Crippen molar-refractivity contribution in [3.63, 3.8) is 0 Å². The molecule has 7 heteroatoms. The van der Waals surface area contributed by atoms with E-state index in [1.807, 2.05) is 41.1 Å². The maximum absolute atomic E-state index is 12.7. The van der Waals surface area contributed by atoms with Crippen LogP contribution in [0.15, 0.2) is 35.5 Å². The molecule has 5 nitrogen and oxygen atoms in total. The van der Waals surface area contributed by atoms with Crippen LogP contribution in [0, 0.1) is 0 Å². The van der Waals surface area contributed by atoms with Gasteiger partial charge in [-0.1, -0.05) is 11.6 Å². The third-order valence-corrected chi connectivity index (χ3v) is 5.10. The predicted molar refractivity (Wildman–Crippen MR) is 94.6 cm³/mol. The Bertz CT molecular complexity index is 710. The number of thioether (sulfide) groups is 1. The van der Waals surface area contributed by atoms with E-state index >= 15 is 0 Å². The van der Waals surface area contributed by atoms with Gasteiger partial charge in [0.25, 0.3) is 5.91 Å². The Hall–Kier alpha value is -1.66. The standard InChI is InChI=1S/C16H19ClN4OS/c1-19-6-5-18-16(19)21-9-7-20(8-10-21)15(22)13-11-12(23-2)3-4-14(13)17/h3-6,11H,7-10H2,1-2H3. The second-order valence-corrected chi connectivity index (χ2v) is 6.75. The summed E-state index contributed by atoms with van der Waals surface area (Å²) in [5.74, 6) is 0.949. The average Bonchev–Trinajstić information content (AvgIpc) is 3.01. The minimum absolute atomic E-state index is 0.00499. The smallest absolute Gasteiger partial charge is 0.255 e. The number of anilines is 1. The number of hydrogen-bond donors (Lipinski definition) is 0. The van der Waals surface area contributed by atoms with E-state index in [9.17, 15) is 4.79 Å². The average molecular weight is 351 g/mol. The van der Waals surface area contributed by atoms with Crippen molar-refractivity contribution in [1.82, 2.24) is 14.5 Å². The van der Waals surface area contributed by atoms with E-state index in [2.05, 4.69) is 9.88 Å². The van der Waals surface area contributed by atoms with E-state index < -0.39 is 0 Å². The Morgan fingerprint density at radius 1 is 1.26 bits per heavy atom. The maximum Gasteiger partial charge on any atom is 0.255 e. The number of aromatic nitrogens is 2. The van der Waals surface area contributed by atoms with Crippen molar-refractivity contribution < 1.29 is 4.79 Å². The molecule has 122 valence electrons. The number of imidazole rings is 1. The highest BCUT2D eigenvalue weighted by molar-refractivity contribution is 7.98. The van der Waals surface area contributed by atoms with Crippen molar-refractivity contribution in [3.8, 4) is 0 Å². The molecule has 1 amide bonds. The Balaban J connectivity index is 1.70. The Morgan fingerprint density at radius 2 is 2.00 bits per heavy atom. The lowest BCUT2D eigenvalue weighted by atomic mass is 10.2. The lowest BCUT2D eigenvalue weighted by Gasteiger charge is -2.35. The molecule has 0 spiro atoms. The molecular weight excluding hydrogens is 332 g/mol. The Labute approximate surface area is 145 Å². The first-order valence-corrected chi connectivity index (χ1v) is 9.05. The highest BCUT2D eigenvalue weighted by Crippen LogP contribution is 2.25. The number of aryl methyl sites for hydroxylation is 1.